The maximum Gasteiger partial charge on any atom is 0.306 e. The molecule has 54 heavy (non-hydrogen) atoms. The van der Waals surface area contributed by atoms with E-state index in [1.165, 1.54) is 135 Å². The van der Waals surface area contributed by atoms with Gasteiger partial charge in [-0.15, -0.1) is 0 Å². The van der Waals surface area contributed by atoms with Crippen LogP contribution in [0.15, 0.2) is 0 Å². The van der Waals surface area contributed by atoms with Crippen LogP contribution in [0.5, 0.6) is 0 Å². The maximum absolute atomic E-state index is 12.8. The molecule has 3 atom stereocenters. The lowest BCUT2D eigenvalue weighted by molar-refractivity contribution is -0.152. The standard InChI is InChI=1S/C47H84O5S2/c1-3-22-39(4-2)31-33-46(49)51-44(41-25-14-10-15-26-41)37-53-35-20-7-5-18-29-43(48)30-19-6-8-21-36-54-38-45(42-27-16-11-17-28-42)52-47(50)34-32-40-23-12-9-13-24-40/h39-42,44-45H,3-38H2,1-2H3. The maximum atomic E-state index is 12.8. The van der Waals surface area contributed by atoms with Gasteiger partial charge in [-0.1, -0.05) is 129 Å². The number of Topliss-reactive ketones (excluding diaryl/α,β-unsaturated/α-hetero) is 1. The molecule has 3 saturated carbocycles. The van der Waals surface area contributed by atoms with Gasteiger partial charge in [0.2, 0.25) is 0 Å². The van der Waals surface area contributed by atoms with Crippen LogP contribution >= 0.6 is 23.5 Å². The lowest BCUT2D eigenvalue weighted by atomic mass is 9.85. The summed E-state index contributed by atoms with van der Waals surface area (Å²) >= 11 is 3.95. The van der Waals surface area contributed by atoms with Gasteiger partial charge in [0.1, 0.15) is 18.0 Å². The summed E-state index contributed by atoms with van der Waals surface area (Å²) in [6.07, 6.45) is 36.7. The normalized spacial score (nSPS) is 19.3. The van der Waals surface area contributed by atoms with Gasteiger partial charge >= 0.3 is 11.9 Å². The number of thioether (sulfide) groups is 2. The Morgan fingerprint density at radius 1 is 0.537 bits per heavy atom. The Labute approximate surface area is 341 Å². The van der Waals surface area contributed by atoms with Crippen molar-refractivity contribution in [2.45, 2.75) is 232 Å². The summed E-state index contributed by atoms with van der Waals surface area (Å²) in [6.45, 7) is 4.47. The molecular formula is C47H84O5S2. The summed E-state index contributed by atoms with van der Waals surface area (Å²) < 4.78 is 12.3. The van der Waals surface area contributed by atoms with E-state index in [2.05, 4.69) is 13.8 Å². The van der Waals surface area contributed by atoms with Crippen molar-refractivity contribution in [2.24, 2.45) is 23.7 Å². The molecule has 0 aliphatic heterocycles. The van der Waals surface area contributed by atoms with Crippen LogP contribution in [0.2, 0.25) is 0 Å². The van der Waals surface area contributed by atoms with E-state index in [-0.39, 0.29) is 24.1 Å². The Morgan fingerprint density at radius 3 is 1.48 bits per heavy atom. The van der Waals surface area contributed by atoms with Gasteiger partial charge in [-0.25, -0.2) is 0 Å². The number of carbonyl (C=O) groups excluding carboxylic acids is 3. The zero-order valence-corrected chi connectivity index (χ0v) is 36.9. The largest absolute Gasteiger partial charge is 0.461 e. The van der Waals surface area contributed by atoms with Gasteiger partial charge < -0.3 is 9.47 Å². The van der Waals surface area contributed by atoms with E-state index in [4.69, 9.17) is 9.47 Å². The molecule has 5 nitrogen and oxygen atoms in total. The van der Waals surface area contributed by atoms with E-state index < -0.39 is 0 Å². The summed E-state index contributed by atoms with van der Waals surface area (Å²) in [5.74, 6) is 7.13. The van der Waals surface area contributed by atoms with Gasteiger partial charge in [-0.3, -0.25) is 14.4 Å². The molecule has 0 aromatic heterocycles. The number of carbonyl (C=O) groups is 3. The van der Waals surface area contributed by atoms with Crippen molar-refractivity contribution < 1.29 is 23.9 Å². The van der Waals surface area contributed by atoms with E-state index in [1.54, 1.807) is 0 Å². The molecule has 3 unspecified atom stereocenters. The van der Waals surface area contributed by atoms with Gasteiger partial charge in [-0.05, 0) is 99.4 Å². The van der Waals surface area contributed by atoms with E-state index in [0.717, 1.165) is 86.7 Å². The fourth-order valence-corrected chi connectivity index (χ4v) is 11.7. The molecule has 3 rings (SSSR count). The molecule has 3 aliphatic rings. The summed E-state index contributed by atoms with van der Waals surface area (Å²) in [7, 11) is 0. The molecule has 0 aromatic carbocycles. The van der Waals surface area contributed by atoms with Gasteiger partial charge in [0.05, 0.1) is 0 Å². The number of ketones is 1. The SMILES string of the molecule is CCCC(CC)CCC(=O)OC(CSCCCCCCC(=O)CCCCCCSCC(OC(=O)CCC1CCCCC1)C1CCCCC1)C1CCCCC1. The molecule has 0 radical (unpaired) electrons. The van der Waals surface area contributed by atoms with Crippen LogP contribution in [-0.2, 0) is 23.9 Å². The van der Waals surface area contributed by atoms with Crippen molar-refractivity contribution in [1.29, 1.82) is 0 Å². The number of esters is 2. The summed E-state index contributed by atoms with van der Waals surface area (Å²) in [6, 6.07) is 0. The van der Waals surface area contributed by atoms with Gasteiger partial charge in [-0.2, -0.15) is 23.5 Å². The Morgan fingerprint density at radius 2 is 1.00 bits per heavy atom. The van der Waals surface area contributed by atoms with E-state index in [1.807, 2.05) is 23.5 Å². The predicted molar refractivity (Wildman–Crippen MR) is 232 cm³/mol. The van der Waals surface area contributed by atoms with E-state index >= 15 is 0 Å². The first-order valence-electron chi connectivity index (χ1n) is 23.5. The molecule has 0 heterocycles. The smallest absolute Gasteiger partial charge is 0.306 e. The van der Waals surface area contributed by atoms with Crippen LogP contribution < -0.4 is 0 Å². The number of rotatable bonds is 31. The van der Waals surface area contributed by atoms with Crippen LogP contribution in [0.4, 0.5) is 0 Å². The molecule has 314 valence electrons. The zero-order chi connectivity index (χ0) is 38.5. The quantitative estimate of drug-likeness (QED) is 0.0511. The summed E-state index contributed by atoms with van der Waals surface area (Å²) in [4.78, 5) is 38.1. The minimum absolute atomic E-state index is 0.0260. The highest BCUT2D eigenvalue weighted by Gasteiger charge is 2.28. The van der Waals surface area contributed by atoms with Crippen LogP contribution in [0.1, 0.15) is 219 Å². The average molecular weight is 793 g/mol. The Hall–Kier alpha value is -0.690. The second kappa shape index (κ2) is 31.3. The second-order valence-electron chi connectivity index (χ2n) is 17.5. The molecule has 3 fully saturated rings. The van der Waals surface area contributed by atoms with Crippen molar-refractivity contribution in [2.75, 3.05) is 23.0 Å². The van der Waals surface area contributed by atoms with Crippen LogP contribution in [0.25, 0.3) is 0 Å². The fraction of sp³-hybridized carbons (Fsp3) is 0.936. The molecular weight excluding hydrogens is 709 g/mol. The molecule has 0 saturated heterocycles. The van der Waals surface area contributed by atoms with Crippen LogP contribution in [-0.4, -0.2) is 52.9 Å². The topological polar surface area (TPSA) is 69.7 Å². The lowest BCUT2D eigenvalue weighted by Gasteiger charge is -2.30. The number of hydrogen-bond donors (Lipinski definition) is 0. The zero-order valence-electron chi connectivity index (χ0n) is 35.3. The lowest BCUT2D eigenvalue weighted by Crippen LogP contribution is -2.31. The third-order valence-corrected chi connectivity index (χ3v) is 15.3. The van der Waals surface area contributed by atoms with E-state index in [0.29, 0.717) is 36.4 Å². The molecule has 0 amide bonds. The average Bonchev–Trinajstić information content (AvgIpc) is 3.20. The number of unbranched alkanes of at least 4 members (excludes halogenated alkanes) is 6. The highest BCUT2D eigenvalue weighted by molar-refractivity contribution is 7.99. The Bertz CT molecular complexity index is 893. The Kier molecular flexibility index (Phi) is 27.7. The predicted octanol–water partition coefficient (Wildman–Crippen LogP) is 13.9. The Balaban J connectivity index is 1.17. The van der Waals surface area contributed by atoms with Crippen LogP contribution in [0.3, 0.4) is 0 Å². The highest BCUT2D eigenvalue weighted by atomic mass is 32.2. The molecule has 0 N–H and O–H groups in total. The van der Waals surface area contributed by atoms with Crippen LogP contribution in [0, 0.1) is 23.7 Å². The first kappa shape index (κ1) is 47.7. The third kappa shape index (κ3) is 22.3. The van der Waals surface area contributed by atoms with Gasteiger partial charge in [0, 0.05) is 37.2 Å². The van der Waals surface area contributed by atoms with Crippen molar-refractivity contribution >= 4 is 41.2 Å². The van der Waals surface area contributed by atoms with E-state index in [9.17, 15) is 14.4 Å². The van der Waals surface area contributed by atoms with Crippen molar-refractivity contribution in [3.63, 3.8) is 0 Å². The van der Waals surface area contributed by atoms with Gasteiger partial charge in [0.25, 0.3) is 0 Å². The first-order chi connectivity index (χ1) is 26.5. The molecule has 0 spiro atoms. The first-order valence-corrected chi connectivity index (χ1v) is 25.9. The highest BCUT2D eigenvalue weighted by Crippen LogP contribution is 2.33. The monoisotopic (exact) mass is 793 g/mol. The molecule has 3 aliphatic carbocycles. The minimum Gasteiger partial charge on any atom is -0.461 e. The fourth-order valence-electron chi connectivity index (χ4n) is 9.36. The molecule has 0 bridgehead atoms. The van der Waals surface area contributed by atoms with Gasteiger partial charge in [0.15, 0.2) is 0 Å². The summed E-state index contributed by atoms with van der Waals surface area (Å²) in [5.41, 5.74) is 0. The number of ether oxygens (including phenoxy) is 2. The summed E-state index contributed by atoms with van der Waals surface area (Å²) in [5, 5.41) is 0. The molecule has 7 heteroatoms. The minimum atomic E-state index is 0.0260. The number of hydrogen-bond acceptors (Lipinski definition) is 7. The second-order valence-corrected chi connectivity index (χ2v) is 19.8. The third-order valence-electron chi connectivity index (χ3n) is 13.0. The van der Waals surface area contributed by atoms with Crippen molar-refractivity contribution in [1.82, 2.24) is 0 Å². The van der Waals surface area contributed by atoms with Crippen molar-refractivity contribution in [3.8, 4) is 0 Å². The van der Waals surface area contributed by atoms with Crippen molar-refractivity contribution in [3.05, 3.63) is 0 Å². The molecule has 0 aromatic rings.